The minimum atomic E-state index is -0.633. The first kappa shape index (κ1) is 30.3. The zero-order valence-corrected chi connectivity index (χ0v) is 26.0. The van der Waals surface area contributed by atoms with Crippen LogP contribution in [0.1, 0.15) is 56.9 Å². The summed E-state index contributed by atoms with van der Waals surface area (Å²) < 4.78 is 20.9. The van der Waals surface area contributed by atoms with Gasteiger partial charge in [0, 0.05) is 37.4 Å². The maximum Gasteiger partial charge on any atom is 0.314 e. The van der Waals surface area contributed by atoms with E-state index in [9.17, 15) is 18.8 Å². The lowest BCUT2D eigenvalue weighted by molar-refractivity contribution is -0.154. The number of ether oxygens (including phenoxy) is 1. The van der Waals surface area contributed by atoms with Gasteiger partial charge in [-0.3, -0.25) is 19.0 Å². The highest BCUT2D eigenvalue weighted by Gasteiger charge is 2.49. The van der Waals surface area contributed by atoms with Gasteiger partial charge in [-0.2, -0.15) is 0 Å². The van der Waals surface area contributed by atoms with Gasteiger partial charge in [0.25, 0.3) is 5.56 Å². The molecule has 0 radical (unpaired) electrons. The van der Waals surface area contributed by atoms with Gasteiger partial charge < -0.3 is 9.64 Å². The molecule has 44 heavy (non-hydrogen) atoms. The van der Waals surface area contributed by atoms with Crippen molar-refractivity contribution in [2.75, 3.05) is 13.1 Å². The second kappa shape index (κ2) is 12.7. The first-order chi connectivity index (χ1) is 21.3. The molecule has 1 amide bonds. The SMILES string of the molecule is CCCCC(Sc1nc2ccccc2c(=O)n1-c1cccc(Cl)c1)C(=O)N1CCC2(CC1)CC(c1ccc(F)cc1)C(=O)O2. The number of aromatic nitrogens is 2. The number of hydrogen-bond donors (Lipinski definition) is 0. The predicted molar refractivity (Wildman–Crippen MR) is 170 cm³/mol. The zero-order chi connectivity index (χ0) is 30.8. The van der Waals surface area contributed by atoms with Gasteiger partial charge in [-0.1, -0.05) is 73.5 Å². The van der Waals surface area contributed by atoms with Crippen molar-refractivity contribution < 1.29 is 18.7 Å². The Bertz CT molecular complexity index is 1750. The molecule has 2 aliphatic heterocycles. The number of benzene rings is 3. The number of rotatable bonds is 8. The predicted octanol–water partition coefficient (Wildman–Crippen LogP) is 6.92. The second-order valence-corrected chi connectivity index (χ2v) is 13.1. The fourth-order valence-electron chi connectivity index (χ4n) is 6.16. The number of nitrogens with zero attached hydrogens (tertiary/aromatic N) is 3. The van der Waals surface area contributed by atoms with Crippen molar-refractivity contribution in [1.29, 1.82) is 0 Å². The van der Waals surface area contributed by atoms with Gasteiger partial charge in [0.2, 0.25) is 5.91 Å². The number of fused-ring (bicyclic) bond motifs is 1. The average Bonchev–Trinajstić information content (AvgIpc) is 3.34. The van der Waals surface area contributed by atoms with Crippen LogP contribution in [0.25, 0.3) is 16.6 Å². The van der Waals surface area contributed by atoms with Crippen molar-refractivity contribution in [2.24, 2.45) is 0 Å². The van der Waals surface area contributed by atoms with Crippen molar-refractivity contribution in [3.63, 3.8) is 0 Å². The van der Waals surface area contributed by atoms with Gasteiger partial charge in [0.05, 0.1) is 27.8 Å². The maximum atomic E-state index is 14.1. The fraction of sp³-hybridized carbons (Fsp3) is 0.353. The highest BCUT2D eigenvalue weighted by atomic mass is 35.5. The highest BCUT2D eigenvalue weighted by Crippen LogP contribution is 2.44. The van der Waals surface area contributed by atoms with E-state index >= 15 is 0 Å². The van der Waals surface area contributed by atoms with Crippen LogP contribution in [0.2, 0.25) is 5.02 Å². The van der Waals surface area contributed by atoms with Crippen LogP contribution < -0.4 is 5.56 Å². The molecule has 0 bridgehead atoms. The van der Waals surface area contributed by atoms with Gasteiger partial charge in [-0.15, -0.1) is 0 Å². The number of carbonyl (C=O) groups is 2. The normalized spacial score (nSPS) is 18.5. The van der Waals surface area contributed by atoms with Crippen molar-refractivity contribution in [1.82, 2.24) is 14.5 Å². The number of amides is 1. The number of carbonyl (C=O) groups excluding carboxylic acids is 2. The minimum absolute atomic E-state index is 0.0160. The third-order valence-electron chi connectivity index (χ3n) is 8.59. The molecule has 1 aromatic heterocycles. The number of thioether (sulfide) groups is 1. The van der Waals surface area contributed by atoms with Crippen molar-refractivity contribution >= 4 is 46.1 Å². The van der Waals surface area contributed by atoms with Crippen LogP contribution in [0.4, 0.5) is 4.39 Å². The molecule has 2 saturated heterocycles. The third-order valence-corrected chi connectivity index (χ3v) is 10.0. The number of para-hydroxylation sites is 1. The smallest absolute Gasteiger partial charge is 0.314 e. The van der Waals surface area contributed by atoms with Crippen molar-refractivity contribution in [3.05, 3.63) is 99.6 Å². The van der Waals surface area contributed by atoms with Crippen LogP contribution in [0.15, 0.2) is 82.7 Å². The van der Waals surface area contributed by atoms with E-state index in [1.165, 1.54) is 23.9 Å². The molecule has 6 rings (SSSR count). The quantitative estimate of drug-likeness (QED) is 0.119. The summed E-state index contributed by atoms with van der Waals surface area (Å²) in [5, 5.41) is 0.958. The van der Waals surface area contributed by atoms with E-state index < -0.39 is 16.8 Å². The van der Waals surface area contributed by atoms with Gasteiger partial charge in [-0.05, 0) is 54.4 Å². The number of hydrogen-bond acceptors (Lipinski definition) is 6. The van der Waals surface area contributed by atoms with Gasteiger partial charge in [-0.25, -0.2) is 9.37 Å². The molecule has 3 aromatic carbocycles. The molecule has 1 spiro atoms. The summed E-state index contributed by atoms with van der Waals surface area (Å²) in [4.78, 5) is 47.4. The molecule has 2 aliphatic rings. The third kappa shape index (κ3) is 6.13. The average molecular weight is 634 g/mol. The minimum Gasteiger partial charge on any atom is -0.458 e. The summed E-state index contributed by atoms with van der Waals surface area (Å²) in [5.41, 5.74) is 1.05. The van der Waals surface area contributed by atoms with E-state index in [1.807, 2.05) is 17.0 Å². The number of unbranched alkanes of at least 4 members (excludes halogenated alkanes) is 1. The lowest BCUT2D eigenvalue weighted by atomic mass is 9.83. The molecule has 7 nitrogen and oxygen atoms in total. The van der Waals surface area contributed by atoms with Gasteiger partial charge >= 0.3 is 5.97 Å². The van der Waals surface area contributed by atoms with Crippen LogP contribution in [0, 0.1) is 5.82 Å². The monoisotopic (exact) mass is 633 g/mol. The number of likely N-dealkylation sites (tertiary alicyclic amines) is 1. The van der Waals surface area contributed by atoms with Gasteiger partial charge in [0.15, 0.2) is 5.16 Å². The summed E-state index contributed by atoms with van der Waals surface area (Å²) in [6, 6.07) is 20.3. The van der Waals surface area contributed by atoms with Crippen molar-refractivity contribution in [3.8, 4) is 5.69 Å². The summed E-state index contributed by atoms with van der Waals surface area (Å²) in [5.74, 6) is -1.10. The Morgan fingerprint density at radius 1 is 1.09 bits per heavy atom. The standard InChI is InChI=1S/C34H33ClFN3O4S/c1-2-3-11-29(44-33-37-28-10-5-4-9-26(28)30(40)39(33)25-8-6-7-23(35)20-25)31(41)38-18-16-34(17-19-38)21-27(32(42)43-34)22-12-14-24(36)15-13-22/h4-10,12-15,20,27,29H,2-3,11,16-19,21H2,1H3. The topological polar surface area (TPSA) is 81.5 Å². The van der Waals surface area contributed by atoms with E-state index in [0.717, 1.165) is 18.4 Å². The van der Waals surface area contributed by atoms with Crippen LogP contribution in [-0.4, -0.2) is 50.3 Å². The Kier molecular flexibility index (Phi) is 8.78. The molecule has 0 saturated carbocycles. The molecule has 228 valence electrons. The molecule has 2 unspecified atom stereocenters. The van der Waals surface area contributed by atoms with E-state index in [-0.39, 0.29) is 23.3 Å². The number of esters is 1. The summed E-state index contributed by atoms with van der Waals surface area (Å²) >= 11 is 7.62. The molecule has 3 heterocycles. The Morgan fingerprint density at radius 3 is 2.57 bits per heavy atom. The molecule has 2 fully saturated rings. The van der Waals surface area contributed by atoms with Crippen LogP contribution in [-0.2, 0) is 14.3 Å². The molecule has 10 heteroatoms. The van der Waals surface area contributed by atoms with E-state index in [1.54, 1.807) is 53.1 Å². The Balaban J connectivity index is 1.24. The first-order valence-corrected chi connectivity index (χ1v) is 16.2. The van der Waals surface area contributed by atoms with E-state index in [4.69, 9.17) is 21.3 Å². The molecule has 4 aromatic rings. The lowest BCUT2D eigenvalue weighted by Crippen LogP contribution is -2.49. The van der Waals surface area contributed by atoms with Crippen molar-refractivity contribution in [2.45, 2.75) is 67.4 Å². The Hall–Kier alpha value is -3.69. The van der Waals surface area contributed by atoms with E-state index in [0.29, 0.717) is 65.5 Å². The number of piperidine rings is 1. The molecule has 2 atom stereocenters. The largest absolute Gasteiger partial charge is 0.458 e. The zero-order valence-electron chi connectivity index (χ0n) is 24.4. The molecule has 0 aliphatic carbocycles. The summed E-state index contributed by atoms with van der Waals surface area (Å²) in [7, 11) is 0. The van der Waals surface area contributed by atoms with Crippen LogP contribution >= 0.6 is 23.4 Å². The maximum absolute atomic E-state index is 14.1. The first-order valence-electron chi connectivity index (χ1n) is 15.0. The highest BCUT2D eigenvalue weighted by molar-refractivity contribution is 8.00. The van der Waals surface area contributed by atoms with E-state index in [2.05, 4.69) is 6.92 Å². The number of halogens is 2. The fourth-order valence-corrected chi connectivity index (χ4v) is 7.58. The molecule has 0 N–H and O–H groups in total. The molecular formula is C34H33ClFN3O4S. The summed E-state index contributed by atoms with van der Waals surface area (Å²) in [6.07, 6.45) is 3.97. The summed E-state index contributed by atoms with van der Waals surface area (Å²) in [6.45, 7) is 2.99. The Labute approximate surface area is 264 Å². The Morgan fingerprint density at radius 2 is 1.84 bits per heavy atom. The second-order valence-electron chi connectivity index (χ2n) is 11.5. The van der Waals surface area contributed by atoms with Gasteiger partial charge in [0.1, 0.15) is 11.4 Å². The molecular weight excluding hydrogens is 601 g/mol. The van der Waals surface area contributed by atoms with Crippen LogP contribution in [0.5, 0.6) is 0 Å². The lowest BCUT2D eigenvalue weighted by Gasteiger charge is -2.39. The van der Waals surface area contributed by atoms with Crippen LogP contribution in [0.3, 0.4) is 0 Å².